The van der Waals surface area contributed by atoms with E-state index < -0.39 is 15.3 Å². The van der Waals surface area contributed by atoms with Crippen LogP contribution in [0.3, 0.4) is 0 Å². The van der Waals surface area contributed by atoms with Gasteiger partial charge in [0.05, 0.1) is 5.25 Å². The molecule has 1 aromatic heterocycles. The highest BCUT2D eigenvalue weighted by Crippen LogP contribution is 2.11. The molecule has 0 unspecified atom stereocenters. The van der Waals surface area contributed by atoms with Gasteiger partial charge in [-0.25, -0.2) is 8.42 Å². The fourth-order valence-corrected chi connectivity index (χ4v) is 1.30. The first kappa shape index (κ1) is 10.0. The normalized spacial score (nSPS) is 12.0. The number of nitrogens with one attached hydrogen (secondary N) is 1. The third-order valence-corrected chi connectivity index (χ3v) is 3.23. The molecular weight excluding hydrogens is 192 g/mol. The molecule has 0 aliphatic carbocycles. The molecule has 0 amide bonds. The summed E-state index contributed by atoms with van der Waals surface area (Å²) < 4.78 is 29.7. The van der Waals surface area contributed by atoms with E-state index in [1.165, 1.54) is 6.07 Å². The predicted molar refractivity (Wildman–Crippen MR) is 48.9 cm³/mol. The zero-order chi connectivity index (χ0) is 10.1. The van der Waals surface area contributed by atoms with Crippen LogP contribution in [0.5, 0.6) is 0 Å². The van der Waals surface area contributed by atoms with Crippen LogP contribution >= 0.6 is 0 Å². The van der Waals surface area contributed by atoms with Crippen LogP contribution in [0.1, 0.15) is 19.6 Å². The Labute approximate surface area is 77.2 Å². The molecule has 0 aromatic carbocycles. The van der Waals surface area contributed by atoms with Gasteiger partial charge in [-0.15, -0.1) is 0 Å². The van der Waals surface area contributed by atoms with Crippen molar-refractivity contribution in [3.63, 3.8) is 0 Å². The number of hydrogen-bond acceptors (Lipinski definition) is 4. The Morgan fingerprint density at radius 2 is 2.15 bits per heavy atom. The number of aryl methyl sites for hydroxylation is 1. The quantitative estimate of drug-likeness (QED) is 0.801. The summed E-state index contributed by atoms with van der Waals surface area (Å²) in [5, 5.41) is 3.04. The van der Waals surface area contributed by atoms with E-state index in [0.29, 0.717) is 5.76 Å². The molecule has 0 atom stereocenters. The van der Waals surface area contributed by atoms with Gasteiger partial charge in [0.2, 0.25) is 10.0 Å². The Bertz CT molecular complexity index is 380. The van der Waals surface area contributed by atoms with E-state index in [-0.39, 0.29) is 5.82 Å². The summed E-state index contributed by atoms with van der Waals surface area (Å²) in [6.45, 7) is 4.88. The maximum atomic E-state index is 11.3. The second-order valence-electron chi connectivity index (χ2n) is 3.02. The smallest absolute Gasteiger partial charge is 0.236 e. The van der Waals surface area contributed by atoms with Gasteiger partial charge in [-0.1, -0.05) is 5.16 Å². The van der Waals surface area contributed by atoms with Gasteiger partial charge in [0.1, 0.15) is 5.76 Å². The maximum Gasteiger partial charge on any atom is 0.236 e. The van der Waals surface area contributed by atoms with E-state index >= 15 is 0 Å². The van der Waals surface area contributed by atoms with Crippen LogP contribution in [0, 0.1) is 6.92 Å². The van der Waals surface area contributed by atoms with Crippen molar-refractivity contribution < 1.29 is 12.9 Å². The van der Waals surface area contributed by atoms with Crippen molar-refractivity contribution in [3.05, 3.63) is 11.8 Å². The summed E-state index contributed by atoms with van der Waals surface area (Å²) in [7, 11) is -3.31. The summed E-state index contributed by atoms with van der Waals surface area (Å²) in [4.78, 5) is 0. The SMILES string of the molecule is Cc1cc(NS(=O)(=O)C(C)C)no1. The Balaban J connectivity index is 2.81. The third kappa shape index (κ3) is 2.45. The molecule has 1 rings (SSSR count). The standard InChI is InChI=1S/C7H12N2O3S/c1-5(2)13(10,11)9-7-4-6(3)12-8-7/h4-5H,1-3H3,(H,8,9). The lowest BCUT2D eigenvalue weighted by molar-refractivity contribution is 0.400. The Kier molecular flexibility index (Phi) is 2.60. The van der Waals surface area contributed by atoms with Crippen LogP contribution in [0.15, 0.2) is 10.6 Å². The minimum Gasteiger partial charge on any atom is -0.360 e. The molecule has 74 valence electrons. The number of rotatable bonds is 3. The van der Waals surface area contributed by atoms with E-state index in [2.05, 4.69) is 9.88 Å². The van der Waals surface area contributed by atoms with E-state index in [4.69, 9.17) is 4.52 Å². The third-order valence-electron chi connectivity index (χ3n) is 1.50. The van der Waals surface area contributed by atoms with Crippen molar-refractivity contribution in [1.29, 1.82) is 0 Å². The van der Waals surface area contributed by atoms with Gasteiger partial charge in [0.15, 0.2) is 5.82 Å². The molecule has 0 radical (unpaired) electrons. The van der Waals surface area contributed by atoms with E-state index in [1.807, 2.05) is 0 Å². The van der Waals surface area contributed by atoms with Crippen LogP contribution in [0.25, 0.3) is 0 Å². The molecule has 0 fully saturated rings. The fraction of sp³-hybridized carbons (Fsp3) is 0.571. The highest BCUT2D eigenvalue weighted by atomic mass is 32.2. The average Bonchev–Trinajstić information content (AvgIpc) is 2.34. The van der Waals surface area contributed by atoms with Crippen LogP contribution < -0.4 is 4.72 Å². The Morgan fingerprint density at radius 1 is 1.54 bits per heavy atom. The summed E-state index contributed by atoms with van der Waals surface area (Å²) in [5.41, 5.74) is 0. The van der Waals surface area contributed by atoms with Crippen LogP contribution in [-0.2, 0) is 10.0 Å². The summed E-state index contributed by atoms with van der Waals surface area (Å²) in [5.74, 6) is 0.799. The number of hydrogen-bond donors (Lipinski definition) is 1. The molecule has 13 heavy (non-hydrogen) atoms. The number of sulfonamides is 1. The lowest BCUT2D eigenvalue weighted by atomic mass is 10.5. The largest absolute Gasteiger partial charge is 0.360 e. The zero-order valence-corrected chi connectivity index (χ0v) is 8.55. The Hall–Kier alpha value is -1.04. The molecule has 0 spiro atoms. The van der Waals surface area contributed by atoms with Crippen molar-refractivity contribution in [2.75, 3.05) is 4.72 Å². The average molecular weight is 204 g/mol. The van der Waals surface area contributed by atoms with Crippen molar-refractivity contribution in [3.8, 4) is 0 Å². The lowest BCUT2D eigenvalue weighted by Gasteiger charge is -2.06. The predicted octanol–water partition coefficient (Wildman–Crippen LogP) is 1.13. The van der Waals surface area contributed by atoms with Gasteiger partial charge in [0.25, 0.3) is 0 Å². The first-order valence-electron chi connectivity index (χ1n) is 3.87. The zero-order valence-electron chi connectivity index (χ0n) is 7.73. The molecule has 0 saturated heterocycles. The second-order valence-corrected chi connectivity index (χ2v) is 5.26. The van der Waals surface area contributed by atoms with Crippen LogP contribution in [0.4, 0.5) is 5.82 Å². The van der Waals surface area contributed by atoms with Gasteiger partial charge >= 0.3 is 0 Å². The van der Waals surface area contributed by atoms with Crippen molar-refractivity contribution in [1.82, 2.24) is 5.16 Å². The minimum absolute atomic E-state index is 0.228. The monoisotopic (exact) mass is 204 g/mol. The number of aromatic nitrogens is 1. The molecule has 6 heteroatoms. The molecule has 0 aliphatic heterocycles. The molecule has 0 aliphatic rings. The fourth-order valence-electron chi connectivity index (χ4n) is 0.678. The van der Waals surface area contributed by atoms with Crippen molar-refractivity contribution >= 4 is 15.8 Å². The number of anilines is 1. The highest BCUT2D eigenvalue weighted by Gasteiger charge is 2.16. The number of nitrogens with zero attached hydrogens (tertiary/aromatic N) is 1. The van der Waals surface area contributed by atoms with E-state index in [9.17, 15) is 8.42 Å². The van der Waals surface area contributed by atoms with Crippen molar-refractivity contribution in [2.24, 2.45) is 0 Å². The first-order chi connectivity index (χ1) is 5.92. The maximum absolute atomic E-state index is 11.3. The Morgan fingerprint density at radius 3 is 2.54 bits per heavy atom. The topological polar surface area (TPSA) is 72.2 Å². The lowest BCUT2D eigenvalue weighted by Crippen LogP contribution is -2.22. The molecule has 0 bridgehead atoms. The van der Waals surface area contributed by atoms with Gasteiger partial charge < -0.3 is 4.52 Å². The summed E-state index contributed by atoms with van der Waals surface area (Å²) in [6.07, 6.45) is 0. The summed E-state index contributed by atoms with van der Waals surface area (Å²) in [6, 6.07) is 1.53. The first-order valence-corrected chi connectivity index (χ1v) is 5.41. The summed E-state index contributed by atoms with van der Waals surface area (Å²) >= 11 is 0. The molecule has 1 aromatic rings. The molecule has 5 nitrogen and oxygen atoms in total. The van der Waals surface area contributed by atoms with Gasteiger partial charge in [-0.2, -0.15) is 0 Å². The molecule has 0 saturated carbocycles. The van der Waals surface area contributed by atoms with Crippen LogP contribution in [-0.4, -0.2) is 18.8 Å². The minimum atomic E-state index is -3.31. The van der Waals surface area contributed by atoms with Gasteiger partial charge in [-0.05, 0) is 20.8 Å². The second kappa shape index (κ2) is 3.37. The van der Waals surface area contributed by atoms with E-state index in [1.54, 1.807) is 20.8 Å². The van der Waals surface area contributed by atoms with Gasteiger partial charge in [0, 0.05) is 6.07 Å². The molecular formula is C7H12N2O3S. The van der Waals surface area contributed by atoms with Crippen molar-refractivity contribution in [2.45, 2.75) is 26.0 Å². The molecule has 1 heterocycles. The van der Waals surface area contributed by atoms with Crippen LogP contribution in [0.2, 0.25) is 0 Å². The van der Waals surface area contributed by atoms with E-state index in [0.717, 1.165) is 0 Å². The highest BCUT2D eigenvalue weighted by molar-refractivity contribution is 7.93. The van der Waals surface area contributed by atoms with Gasteiger partial charge in [-0.3, -0.25) is 4.72 Å². The molecule has 1 N–H and O–H groups in total.